The second kappa shape index (κ2) is 9.16. The highest BCUT2D eigenvalue weighted by atomic mass is 35.5. The lowest BCUT2D eigenvalue weighted by molar-refractivity contribution is 0.0520. The number of ether oxygens (including phenoxy) is 2. The number of nitrogens with zero attached hydrogens (tertiary/aromatic N) is 3. The molecule has 3 aromatic rings. The van der Waals surface area contributed by atoms with Crippen LogP contribution in [0.2, 0.25) is 10.0 Å². The second-order valence-corrected chi connectivity index (χ2v) is 8.11. The number of benzene rings is 2. The van der Waals surface area contributed by atoms with E-state index in [0.717, 1.165) is 35.3 Å². The van der Waals surface area contributed by atoms with Crippen molar-refractivity contribution >= 4 is 35.0 Å². The van der Waals surface area contributed by atoms with Crippen LogP contribution in [-0.4, -0.2) is 40.7 Å². The van der Waals surface area contributed by atoms with Gasteiger partial charge in [-0.3, -0.25) is 0 Å². The van der Waals surface area contributed by atoms with E-state index >= 15 is 0 Å². The van der Waals surface area contributed by atoms with Gasteiger partial charge in [0.2, 0.25) is 5.69 Å². The molecule has 0 amide bonds. The number of carbonyl (C=O) groups excluding carboxylic acids is 1. The van der Waals surface area contributed by atoms with Crippen LogP contribution in [0.1, 0.15) is 34.1 Å². The summed E-state index contributed by atoms with van der Waals surface area (Å²) in [6, 6.07) is 11.5. The third-order valence-electron chi connectivity index (χ3n) is 5.21. The largest absolute Gasteiger partial charge is 0.497 e. The number of rotatable bonds is 7. The van der Waals surface area contributed by atoms with Crippen LogP contribution in [0.4, 0.5) is 5.82 Å². The Balaban J connectivity index is 1.59. The molecule has 0 spiro atoms. The van der Waals surface area contributed by atoms with Crippen molar-refractivity contribution in [3.8, 4) is 5.75 Å². The van der Waals surface area contributed by atoms with E-state index in [0.29, 0.717) is 22.4 Å². The molecule has 0 fully saturated rings. The van der Waals surface area contributed by atoms with Crippen molar-refractivity contribution in [3.63, 3.8) is 0 Å². The number of carbonyl (C=O) groups is 1. The molecule has 4 rings (SSSR count). The number of methoxy groups -OCH3 is 1. The summed E-state index contributed by atoms with van der Waals surface area (Å²) in [5, 5.41) is 12.8. The van der Waals surface area contributed by atoms with Crippen molar-refractivity contribution < 1.29 is 14.3 Å². The highest BCUT2D eigenvalue weighted by Crippen LogP contribution is 2.32. The van der Waals surface area contributed by atoms with E-state index in [9.17, 15) is 4.79 Å². The molecule has 1 aliphatic rings. The SMILES string of the molecule is CCOC(=O)c1nnn(Cc2ccc(OC)cc2)c1NC1Cc2cc(Cl)c(Cl)cc2C1. The summed E-state index contributed by atoms with van der Waals surface area (Å²) in [4.78, 5) is 12.5. The molecule has 0 unspecified atom stereocenters. The van der Waals surface area contributed by atoms with Crippen LogP contribution in [0, 0.1) is 0 Å². The van der Waals surface area contributed by atoms with E-state index in [-0.39, 0.29) is 18.3 Å². The molecule has 9 heteroatoms. The summed E-state index contributed by atoms with van der Waals surface area (Å²) in [5.74, 6) is 0.797. The van der Waals surface area contributed by atoms with Gasteiger partial charge in [0.05, 0.1) is 30.3 Å². The Kier molecular flexibility index (Phi) is 6.34. The van der Waals surface area contributed by atoms with Crippen LogP contribution in [0.25, 0.3) is 0 Å². The third-order valence-corrected chi connectivity index (χ3v) is 5.93. The molecular formula is C22H22Cl2N4O3. The molecule has 1 aliphatic carbocycles. The minimum absolute atomic E-state index is 0.0471. The van der Waals surface area contributed by atoms with Crippen LogP contribution in [-0.2, 0) is 24.1 Å². The van der Waals surface area contributed by atoms with Gasteiger partial charge in [0, 0.05) is 6.04 Å². The Morgan fingerprint density at radius 2 is 1.81 bits per heavy atom. The van der Waals surface area contributed by atoms with Crippen molar-refractivity contribution in [3.05, 3.63) is 68.8 Å². The molecule has 0 saturated carbocycles. The summed E-state index contributed by atoms with van der Waals surface area (Å²) < 4.78 is 12.1. The van der Waals surface area contributed by atoms with Crippen LogP contribution in [0.15, 0.2) is 36.4 Å². The number of fused-ring (bicyclic) bond motifs is 1. The zero-order valence-electron chi connectivity index (χ0n) is 17.2. The maximum Gasteiger partial charge on any atom is 0.362 e. The van der Waals surface area contributed by atoms with Gasteiger partial charge in [-0.25, -0.2) is 9.48 Å². The lowest BCUT2D eigenvalue weighted by Crippen LogP contribution is -2.24. The van der Waals surface area contributed by atoms with E-state index in [1.807, 2.05) is 36.4 Å². The molecule has 0 saturated heterocycles. The third kappa shape index (κ3) is 4.62. The summed E-state index contributed by atoms with van der Waals surface area (Å²) in [6.07, 6.45) is 1.50. The normalized spacial score (nSPS) is 13.2. The molecule has 0 atom stereocenters. The Morgan fingerprint density at radius 3 is 2.39 bits per heavy atom. The number of anilines is 1. The minimum atomic E-state index is -0.507. The van der Waals surface area contributed by atoms with Crippen LogP contribution in [0.5, 0.6) is 5.75 Å². The molecule has 162 valence electrons. The van der Waals surface area contributed by atoms with E-state index in [2.05, 4.69) is 15.6 Å². The monoisotopic (exact) mass is 460 g/mol. The van der Waals surface area contributed by atoms with E-state index in [4.69, 9.17) is 32.7 Å². The molecule has 7 nitrogen and oxygen atoms in total. The maximum atomic E-state index is 12.5. The lowest BCUT2D eigenvalue weighted by Gasteiger charge is -2.16. The number of esters is 1. The number of aromatic nitrogens is 3. The molecule has 0 radical (unpaired) electrons. The van der Waals surface area contributed by atoms with E-state index in [1.54, 1.807) is 18.7 Å². The highest BCUT2D eigenvalue weighted by molar-refractivity contribution is 6.42. The summed E-state index contributed by atoms with van der Waals surface area (Å²) in [6.45, 7) is 2.46. The van der Waals surface area contributed by atoms with Gasteiger partial charge < -0.3 is 14.8 Å². The summed E-state index contributed by atoms with van der Waals surface area (Å²) in [7, 11) is 1.63. The molecule has 31 heavy (non-hydrogen) atoms. The van der Waals surface area contributed by atoms with Crippen LogP contribution >= 0.6 is 23.2 Å². The Hall–Kier alpha value is -2.77. The van der Waals surface area contributed by atoms with Crippen molar-refractivity contribution in [2.24, 2.45) is 0 Å². The van der Waals surface area contributed by atoms with Gasteiger partial charge in [0.15, 0.2) is 5.82 Å². The van der Waals surface area contributed by atoms with Crippen molar-refractivity contribution in [2.75, 3.05) is 19.0 Å². The molecule has 0 bridgehead atoms. The summed E-state index contributed by atoms with van der Waals surface area (Å²) in [5.41, 5.74) is 3.44. The van der Waals surface area contributed by atoms with Gasteiger partial charge in [-0.05, 0) is 60.7 Å². The zero-order chi connectivity index (χ0) is 22.0. The first-order valence-electron chi connectivity index (χ1n) is 9.95. The number of hydrogen-bond acceptors (Lipinski definition) is 6. The molecular weight excluding hydrogens is 439 g/mol. The first-order valence-corrected chi connectivity index (χ1v) is 10.7. The molecule has 0 aliphatic heterocycles. The Morgan fingerprint density at radius 1 is 1.16 bits per heavy atom. The van der Waals surface area contributed by atoms with Gasteiger partial charge in [-0.15, -0.1) is 5.10 Å². The average molecular weight is 461 g/mol. The van der Waals surface area contributed by atoms with Gasteiger partial charge in [0.1, 0.15) is 5.75 Å². The maximum absolute atomic E-state index is 12.5. The average Bonchev–Trinajstić information content (AvgIpc) is 3.33. The van der Waals surface area contributed by atoms with Crippen molar-refractivity contribution in [2.45, 2.75) is 32.4 Å². The number of hydrogen-bond donors (Lipinski definition) is 1. The minimum Gasteiger partial charge on any atom is -0.497 e. The van der Waals surface area contributed by atoms with Gasteiger partial charge in [0.25, 0.3) is 0 Å². The molecule has 1 aromatic heterocycles. The fourth-order valence-corrected chi connectivity index (χ4v) is 4.09. The molecule has 2 aromatic carbocycles. The van der Waals surface area contributed by atoms with Crippen LogP contribution < -0.4 is 10.1 Å². The number of halogens is 2. The first-order chi connectivity index (χ1) is 15.0. The smallest absolute Gasteiger partial charge is 0.362 e. The first kappa shape index (κ1) is 21.5. The van der Waals surface area contributed by atoms with Crippen molar-refractivity contribution in [1.29, 1.82) is 0 Å². The van der Waals surface area contributed by atoms with E-state index in [1.165, 1.54) is 0 Å². The van der Waals surface area contributed by atoms with E-state index < -0.39 is 5.97 Å². The Labute approximate surface area is 190 Å². The fraction of sp³-hybridized carbons (Fsp3) is 0.318. The standard InChI is InChI=1S/C22H22Cl2N4O3/c1-3-31-22(29)20-21(25-16-8-14-10-18(23)19(24)11-15(14)9-16)28(27-26-20)12-13-4-6-17(30-2)7-5-13/h4-7,10-11,16,25H,3,8-9,12H2,1-2H3. The lowest BCUT2D eigenvalue weighted by atomic mass is 10.1. The quantitative estimate of drug-likeness (QED) is 0.526. The predicted molar refractivity (Wildman–Crippen MR) is 119 cm³/mol. The zero-order valence-corrected chi connectivity index (χ0v) is 18.7. The van der Waals surface area contributed by atoms with Gasteiger partial charge in [-0.2, -0.15) is 0 Å². The second-order valence-electron chi connectivity index (χ2n) is 7.30. The van der Waals surface area contributed by atoms with Gasteiger partial charge >= 0.3 is 5.97 Å². The number of nitrogens with one attached hydrogen (secondary N) is 1. The summed E-state index contributed by atoms with van der Waals surface area (Å²) >= 11 is 12.3. The predicted octanol–water partition coefficient (Wildman–Crippen LogP) is 4.40. The molecule has 1 N–H and O–H groups in total. The highest BCUT2D eigenvalue weighted by Gasteiger charge is 2.28. The molecule has 1 heterocycles. The topological polar surface area (TPSA) is 78.3 Å². The van der Waals surface area contributed by atoms with Crippen LogP contribution in [0.3, 0.4) is 0 Å². The Bertz CT molecular complexity index is 1070. The van der Waals surface area contributed by atoms with Gasteiger partial charge in [-0.1, -0.05) is 40.5 Å². The van der Waals surface area contributed by atoms with Crippen molar-refractivity contribution in [1.82, 2.24) is 15.0 Å². The fourth-order valence-electron chi connectivity index (χ4n) is 3.72.